The van der Waals surface area contributed by atoms with Crippen LogP contribution in [0, 0.1) is 11.3 Å². The molecule has 0 aromatic carbocycles. The molecule has 1 rings (SSSR count). The molecule has 0 heterocycles. The smallest absolute Gasteiger partial charge is 0.319 e. The predicted octanol–water partition coefficient (Wildman–Crippen LogP) is 0.775. The van der Waals surface area contributed by atoms with Gasteiger partial charge in [-0.1, -0.05) is 6.92 Å². The molecule has 0 aliphatic heterocycles. The van der Waals surface area contributed by atoms with Crippen LogP contribution >= 0.6 is 0 Å². The number of carbonyl (C=O) groups excluding carboxylic acids is 2. The van der Waals surface area contributed by atoms with Gasteiger partial charge in [0.25, 0.3) is 0 Å². The third kappa shape index (κ3) is 1.15. The highest BCUT2D eigenvalue weighted by atomic mass is 16.5. The molecule has 3 heteroatoms. The molecule has 0 N–H and O–H groups in total. The van der Waals surface area contributed by atoms with Crippen LogP contribution < -0.4 is 0 Å². The number of carbonyl (C=O) groups is 2. The third-order valence-corrected chi connectivity index (χ3v) is 2.23. The van der Waals surface area contributed by atoms with Gasteiger partial charge in [0.1, 0.15) is 11.7 Å². The second-order valence-electron chi connectivity index (χ2n) is 2.98. The average Bonchev–Trinajstić information content (AvgIpc) is 2.63. The van der Waals surface area contributed by atoms with Crippen LogP contribution in [0.4, 0.5) is 0 Å². The van der Waals surface area contributed by atoms with Crippen LogP contribution in [0.15, 0.2) is 0 Å². The summed E-state index contributed by atoms with van der Waals surface area (Å²) in [6.07, 6.45) is 1.37. The van der Waals surface area contributed by atoms with Crippen molar-refractivity contribution >= 4 is 12.3 Å². The van der Waals surface area contributed by atoms with Gasteiger partial charge in [-0.2, -0.15) is 0 Å². The number of esters is 1. The molecule has 0 spiro atoms. The summed E-state index contributed by atoms with van der Waals surface area (Å²) in [7, 11) is 0. The summed E-state index contributed by atoms with van der Waals surface area (Å²) in [4.78, 5) is 21.6. The minimum atomic E-state index is -0.782. The van der Waals surface area contributed by atoms with E-state index in [0.717, 1.165) is 6.29 Å². The molecule has 1 aliphatic rings. The number of ether oxygens (including phenoxy) is 1. The molecule has 62 valence electrons. The lowest BCUT2D eigenvalue weighted by Crippen LogP contribution is -2.22. The second kappa shape index (κ2) is 2.64. The molecule has 0 amide bonds. The van der Waals surface area contributed by atoms with E-state index in [4.69, 9.17) is 4.74 Å². The Morgan fingerprint density at radius 2 is 2.36 bits per heavy atom. The van der Waals surface area contributed by atoms with Gasteiger partial charge in [-0.3, -0.25) is 4.79 Å². The molecular weight excluding hydrogens is 144 g/mol. The van der Waals surface area contributed by atoms with Gasteiger partial charge in [-0.25, -0.2) is 0 Å². The van der Waals surface area contributed by atoms with Crippen LogP contribution in [0.5, 0.6) is 0 Å². The fraction of sp³-hybridized carbons (Fsp3) is 0.750. The number of aldehydes is 1. The summed E-state index contributed by atoms with van der Waals surface area (Å²) in [5, 5.41) is 0. The highest BCUT2D eigenvalue weighted by molar-refractivity contribution is 5.97. The molecular formula is C8H12O3. The molecule has 0 radical (unpaired) electrons. The van der Waals surface area contributed by atoms with E-state index >= 15 is 0 Å². The number of hydrogen-bond donors (Lipinski definition) is 0. The maximum Gasteiger partial charge on any atom is 0.319 e. The van der Waals surface area contributed by atoms with Gasteiger partial charge in [0.2, 0.25) is 0 Å². The number of rotatable bonds is 3. The van der Waals surface area contributed by atoms with Crippen LogP contribution in [0.25, 0.3) is 0 Å². The van der Waals surface area contributed by atoms with Crippen molar-refractivity contribution < 1.29 is 14.3 Å². The first-order valence-electron chi connectivity index (χ1n) is 3.81. The van der Waals surface area contributed by atoms with Crippen molar-refractivity contribution in [1.29, 1.82) is 0 Å². The lowest BCUT2D eigenvalue weighted by molar-refractivity contribution is -0.151. The Hall–Kier alpha value is -0.860. The van der Waals surface area contributed by atoms with Gasteiger partial charge >= 0.3 is 5.97 Å². The maximum atomic E-state index is 11.1. The summed E-state index contributed by atoms with van der Waals surface area (Å²) in [5.74, 6) is -0.193. The molecule has 2 atom stereocenters. The van der Waals surface area contributed by atoms with Gasteiger partial charge < -0.3 is 9.53 Å². The van der Waals surface area contributed by atoms with E-state index in [0.29, 0.717) is 13.0 Å². The van der Waals surface area contributed by atoms with E-state index in [9.17, 15) is 9.59 Å². The van der Waals surface area contributed by atoms with Crippen molar-refractivity contribution in [2.24, 2.45) is 11.3 Å². The largest absolute Gasteiger partial charge is 0.465 e. The van der Waals surface area contributed by atoms with E-state index < -0.39 is 5.41 Å². The Morgan fingerprint density at radius 1 is 1.82 bits per heavy atom. The third-order valence-electron chi connectivity index (χ3n) is 2.23. The minimum absolute atomic E-state index is 0.166. The molecule has 0 saturated heterocycles. The Kier molecular flexibility index (Phi) is 1.98. The van der Waals surface area contributed by atoms with Crippen molar-refractivity contribution in [3.05, 3.63) is 0 Å². The monoisotopic (exact) mass is 156 g/mol. The van der Waals surface area contributed by atoms with E-state index in [2.05, 4.69) is 0 Å². The fourth-order valence-electron chi connectivity index (χ4n) is 1.21. The Balaban J connectivity index is 2.58. The van der Waals surface area contributed by atoms with Crippen molar-refractivity contribution in [2.75, 3.05) is 6.61 Å². The van der Waals surface area contributed by atoms with Crippen LogP contribution in [0.3, 0.4) is 0 Å². The standard InChI is InChI=1S/C8H12O3/c1-3-11-7(10)8(5-9)4-6(8)2/h5-6H,3-4H2,1-2H3. The predicted molar refractivity (Wildman–Crippen MR) is 38.9 cm³/mol. The summed E-state index contributed by atoms with van der Waals surface area (Å²) in [5.41, 5.74) is -0.782. The summed E-state index contributed by atoms with van der Waals surface area (Å²) >= 11 is 0. The van der Waals surface area contributed by atoms with Crippen LogP contribution in [-0.4, -0.2) is 18.9 Å². The Morgan fingerprint density at radius 3 is 2.64 bits per heavy atom. The average molecular weight is 156 g/mol. The topological polar surface area (TPSA) is 43.4 Å². The van der Waals surface area contributed by atoms with Gasteiger partial charge in [0, 0.05) is 0 Å². The van der Waals surface area contributed by atoms with Crippen molar-refractivity contribution in [2.45, 2.75) is 20.3 Å². The van der Waals surface area contributed by atoms with Gasteiger partial charge in [0.15, 0.2) is 0 Å². The Labute approximate surface area is 65.7 Å². The van der Waals surface area contributed by atoms with Gasteiger partial charge in [0.05, 0.1) is 6.61 Å². The highest BCUT2D eigenvalue weighted by Gasteiger charge is 2.58. The molecule has 0 bridgehead atoms. The SMILES string of the molecule is CCOC(=O)C1(C=O)CC1C. The molecule has 0 aromatic rings. The quantitative estimate of drug-likeness (QED) is 0.344. The molecule has 1 fully saturated rings. The molecule has 1 saturated carbocycles. The molecule has 11 heavy (non-hydrogen) atoms. The number of hydrogen-bond acceptors (Lipinski definition) is 3. The Bertz CT molecular complexity index is 188. The fourth-order valence-corrected chi connectivity index (χ4v) is 1.21. The zero-order chi connectivity index (χ0) is 8.48. The maximum absolute atomic E-state index is 11.1. The van der Waals surface area contributed by atoms with Crippen molar-refractivity contribution in [1.82, 2.24) is 0 Å². The first-order chi connectivity index (χ1) is 5.17. The van der Waals surface area contributed by atoms with E-state index in [-0.39, 0.29) is 11.9 Å². The van der Waals surface area contributed by atoms with E-state index in [1.54, 1.807) is 6.92 Å². The van der Waals surface area contributed by atoms with Crippen molar-refractivity contribution in [3.8, 4) is 0 Å². The molecule has 2 unspecified atom stereocenters. The lowest BCUT2D eigenvalue weighted by atomic mass is 10.1. The first kappa shape index (κ1) is 8.24. The van der Waals surface area contributed by atoms with E-state index in [1.807, 2.05) is 6.92 Å². The summed E-state index contributed by atoms with van der Waals surface area (Å²) < 4.78 is 4.76. The molecule has 1 aliphatic carbocycles. The second-order valence-corrected chi connectivity index (χ2v) is 2.98. The normalized spacial score (nSPS) is 34.5. The minimum Gasteiger partial charge on any atom is -0.465 e. The van der Waals surface area contributed by atoms with E-state index in [1.165, 1.54) is 0 Å². The van der Waals surface area contributed by atoms with Gasteiger partial charge in [-0.05, 0) is 19.3 Å². The summed E-state index contributed by atoms with van der Waals surface area (Å²) in [6.45, 7) is 3.97. The van der Waals surface area contributed by atoms with Crippen LogP contribution in [-0.2, 0) is 14.3 Å². The molecule has 3 nitrogen and oxygen atoms in total. The first-order valence-corrected chi connectivity index (χ1v) is 3.81. The summed E-state index contributed by atoms with van der Waals surface area (Å²) in [6, 6.07) is 0. The highest BCUT2D eigenvalue weighted by Crippen LogP contribution is 2.51. The molecule has 0 aromatic heterocycles. The van der Waals surface area contributed by atoms with Crippen LogP contribution in [0.1, 0.15) is 20.3 Å². The van der Waals surface area contributed by atoms with Crippen LogP contribution in [0.2, 0.25) is 0 Å². The van der Waals surface area contributed by atoms with Gasteiger partial charge in [-0.15, -0.1) is 0 Å². The zero-order valence-corrected chi connectivity index (χ0v) is 6.79. The van der Waals surface area contributed by atoms with Crippen molar-refractivity contribution in [3.63, 3.8) is 0 Å². The lowest BCUT2D eigenvalue weighted by Gasteiger charge is -2.06. The zero-order valence-electron chi connectivity index (χ0n) is 6.79.